The summed E-state index contributed by atoms with van der Waals surface area (Å²) in [6, 6.07) is 0. The van der Waals surface area contributed by atoms with E-state index in [4.69, 9.17) is 0 Å². The minimum atomic E-state index is -5.45. The minimum Gasteiger partial charge on any atom is -0.213 e. The lowest BCUT2D eigenvalue weighted by molar-refractivity contribution is -0.0496. The second-order valence-corrected chi connectivity index (χ2v) is 8.38. The number of rotatable bonds is 5. The van der Waals surface area contributed by atoms with Crippen LogP contribution in [0.2, 0.25) is 0 Å². The lowest BCUT2D eigenvalue weighted by atomic mass is 10.9. The van der Waals surface area contributed by atoms with Gasteiger partial charge < -0.3 is 0 Å². The predicted octanol–water partition coefficient (Wildman–Crippen LogP) is 2.63. The molecular formula is C7H15F3O3S2. The van der Waals surface area contributed by atoms with Gasteiger partial charge in [0.25, 0.3) is 0 Å². The molecule has 94 valence electrons. The van der Waals surface area contributed by atoms with E-state index in [1.54, 1.807) is 20.8 Å². The third-order valence-electron chi connectivity index (χ3n) is 2.10. The van der Waals surface area contributed by atoms with Gasteiger partial charge in [0, 0.05) is 0 Å². The topological polar surface area (TPSA) is 43.4 Å². The van der Waals surface area contributed by atoms with Crippen molar-refractivity contribution in [3.63, 3.8) is 0 Å². The first-order valence-corrected chi connectivity index (χ1v) is 7.90. The normalized spacial score (nSPS) is 15.3. The lowest BCUT2D eigenvalue weighted by Crippen LogP contribution is -2.29. The van der Waals surface area contributed by atoms with E-state index in [1.165, 1.54) is 0 Å². The molecule has 0 saturated carbocycles. The summed E-state index contributed by atoms with van der Waals surface area (Å²) in [5.41, 5.74) is -5.33. The summed E-state index contributed by atoms with van der Waals surface area (Å²) in [6.07, 6.45) is 0. The van der Waals surface area contributed by atoms with Crippen molar-refractivity contribution in [3.8, 4) is 0 Å². The minimum absolute atomic E-state index is 0.301. The van der Waals surface area contributed by atoms with Gasteiger partial charge in [-0.05, 0) is 17.3 Å². The van der Waals surface area contributed by atoms with Crippen LogP contribution in [0.15, 0.2) is 0 Å². The molecule has 0 amide bonds. The Labute approximate surface area is 89.6 Å². The van der Waals surface area contributed by atoms with E-state index in [0.29, 0.717) is 17.3 Å². The summed E-state index contributed by atoms with van der Waals surface area (Å²) in [6.45, 7) is 4.90. The molecule has 15 heavy (non-hydrogen) atoms. The molecule has 0 aliphatic rings. The van der Waals surface area contributed by atoms with Gasteiger partial charge in [-0.3, -0.25) is 0 Å². The molecule has 0 unspecified atom stereocenters. The first-order chi connectivity index (χ1) is 6.64. The summed E-state index contributed by atoms with van der Waals surface area (Å²) in [7, 11) is -7.61. The Balaban J connectivity index is 5.00. The molecule has 0 spiro atoms. The highest BCUT2D eigenvalue weighted by atomic mass is 32.3. The van der Waals surface area contributed by atoms with E-state index in [1.807, 2.05) is 0 Å². The fourth-order valence-electron chi connectivity index (χ4n) is 0.985. The molecule has 0 aromatic carbocycles. The Morgan fingerprint density at radius 3 is 1.53 bits per heavy atom. The van der Waals surface area contributed by atoms with Crippen LogP contribution in [0.25, 0.3) is 0 Å². The van der Waals surface area contributed by atoms with Gasteiger partial charge >= 0.3 is 15.6 Å². The van der Waals surface area contributed by atoms with Crippen LogP contribution in [0.1, 0.15) is 20.8 Å². The maximum Gasteiger partial charge on any atom is 0.523 e. The third-order valence-corrected chi connectivity index (χ3v) is 7.69. The van der Waals surface area contributed by atoms with Crippen molar-refractivity contribution in [2.24, 2.45) is 0 Å². The highest BCUT2D eigenvalue weighted by Crippen LogP contribution is 2.51. The average Bonchev–Trinajstić information content (AvgIpc) is 2.12. The molecule has 0 aromatic rings. The maximum atomic E-state index is 12.1. The predicted molar refractivity (Wildman–Crippen MR) is 55.3 cm³/mol. The van der Waals surface area contributed by atoms with Gasteiger partial charge in [0.2, 0.25) is 0 Å². The molecule has 0 aliphatic heterocycles. The average molecular weight is 268 g/mol. The van der Waals surface area contributed by atoms with Gasteiger partial charge in [0.15, 0.2) is 0 Å². The Morgan fingerprint density at radius 1 is 1.00 bits per heavy atom. The Bertz CT molecular complexity index is 285. The fraction of sp³-hybridized carbons (Fsp3) is 1.00. The molecular weight excluding hydrogens is 253 g/mol. The van der Waals surface area contributed by atoms with Crippen molar-refractivity contribution in [3.05, 3.63) is 0 Å². The molecule has 0 radical (unpaired) electrons. The van der Waals surface area contributed by atoms with Crippen LogP contribution in [0, 0.1) is 0 Å². The van der Waals surface area contributed by atoms with Gasteiger partial charge in [0.05, 0.1) is 0 Å². The summed E-state index contributed by atoms with van der Waals surface area (Å²) in [5, 5.41) is 0. The highest BCUT2D eigenvalue weighted by molar-refractivity contribution is 8.33. The Morgan fingerprint density at radius 2 is 1.33 bits per heavy atom. The molecule has 0 rings (SSSR count). The van der Waals surface area contributed by atoms with Gasteiger partial charge in [-0.1, -0.05) is 20.8 Å². The van der Waals surface area contributed by atoms with Crippen molar-refractivity contribution in [2.75, 3.05) is 17.3 Å². The smallest absolute Gasteiger partial charge is 0.213 e. The van der Waals surface area contributed by atoms with Gasteiger partial charge in [-0.25, -0.2) is 3.63 Å². The molecule has 0 aromatic heterocycles. The van der Waals surface area contributed by atoms with Crippen LogP contribution in [0.3, 0.4) is 0 Å². The molecule has 3 nitrogen and oxygen atoms in total. The van der Waals surface area contributed by atoms with E-state index in [2.05, 4.69) is 3.63 Å². The van der Waals surface area contributed by atoms with Crippen molar-refractivity contribution < 1.29 is 25.2 Å². The van der Waals surface area contributed by atoms with Crippen LogP contribution in [-0.2, 0) is 13.7 Å². The summed E-state index contributed by atoms with van der Waals surface area (Å²) in [5.74, 6) is 0.903. The molecule has 0 saturated heterocycles. The zero-order valence-corrected chi connectivity index (χ0v) is 10.4. The molecule has 0 N–H and O–H groups in total. The summed E-state index contributed by atoms with van der Waals surface area (Å²) < 4.78 is 62.2. The molecule has 0 heterocycles. The molecule has 0 atom stereocenters. The van der Waals surface area contributed by atoms with E-state index >= 15 is 0 Å². The van der Waals surface area contributed by atoms with Gasteiger partial charge in [0.1, 0.15) is 0 Å². The van der Waals surface area contributed by atoms with Crippen LogP contribution < -0.4 is 0 Å². The SMILES string of the molecule is CCS(CC)(CC)OS(=O)(=O)C(F)(F)F. The summed E-state index contributed by atoms with van der Waals surface area (Å²) in [4.78, 5) is 0. The van der Waals surface area contributed by atoms with Crippen molar-refractivity contribution in [2.45, 2.75) is 26.3 Å². The number of halogens is 3. The zero-order valence-electron chi connectivity index (χ0n) is 8.80. The molecule has 0 bridgehead atoms. The highest BCUT2D eigenvalue weighted by Gasteiger charge is 2.50. The van der Waals surface area contributed by atoms with Crippen LogP contribution >= 0.6 is 10.3 Å². The first kappa shape index (κ1) is 15.0. The molecule has 8 heteroatoms. The fourth-order valence-corrected chi connectivity index (χ4v) is 5.19. The van der Waals surface area contributed by atoms with Crippen molar-refractivity contribution in [1.29, 1.82) is 0 Å². The van der Waals surface area contributed by atoms with Gasteiger partial charge in [-0.15, -0.1) is 10.3 Å². The van der Waals surface area contributed by atoms with Crippen molar-refractivity contribution in [1.82, 2.24) is 0 Å². The quantitative estimate of drug-likeness (QED) is 0.720. The number of hydrogen-bond donors (Lipinski definition) is 0. The first-order valence-electron chi connectivity index (χ1n) is 4.43. The Kier molecular flexibility index (Phi) is 4.94. The van der Waals surface area contributed by atoms with E-state index in [-0.39, 0.29) is 0 Å². The van der Waals surface area contributed by atoms with Crippen molar-refractivity contribution >= 4 is 20.4 Å². The zero-order chi connectivity index (χ0) is 12.3. The van der Waals surface area contributed by atoms with E-state index in [9.17, 15) is 21.6 Å². The van der Waals surface area contributed by atoms with E-state index in [0.717, 1.165) is 0 Å². The number of hydrogen-bond acceptors (Lipinski definition) is 3. The third kappa shape index (κ3) is 3.53. The number of alkyl halides is 3. The standard InChI is InChI=1S/C7H15F3O3S2/c1-4-14(5-2,6-3)13-15(11,12)7(8,9)10/h4-6H2,1-3H3. The van der Waals surface area contributed by atoms with Crippen LogP contribution in [0.4, 0.5) is 13.2 Å². The Hall–Kier alpha value is 0.0500. The second kappa shape index (κ2) is 4.92. The molecule has 0 aliphatic carbocycles. The van der Waals surface area contributed by atoms with Crippen LogP contribution in [0.5, 0.6) is 0 Å². The maximum absolute atomic E-state index is 12.1. The monoisotopic (exact) mass is 268 g/mol. The lowest BCUT2D eigenvalue weighted by Gasteiger charge is -2.35. The van der Waals surface area contributed by atoms with Gasteiger partial charge in [-0.2, -0.15) is 21.6 Å². The summed E-state index contributed by atoms with van der Waals surface area (Å²) >= 11 is 0. The molecule has 0 fully saturated rings. The largest absolute Gasteiger partial charge is 0.523 e. The van der Waals surface area contributed by atoms with Crippen LogP contribution in [-0.4, -0.2) is 31.2 Å². The second-order valence-electron chi connectivity index (χ2n) is 2.80. The van der Waals surface area contributed by atoms with E-state index < -0.39 is 25.9 Å².